The molecule has 1 N–H and O–H groups in total. The smallest absolute Gasteiger partial charge is 0.261 e. The average molecular weight is 328 g/mol. The molecule has 0 aliphatic carbocycles. The molecule has 23 heavy (non-hydrogen) atoms. The number of carbonyl (C=O) groups is 1. The van der Waals surface area contributed by atoms with Crippen LogP contribution in [-0.4, -0.2) is 37.0 Å². The molecule has 3 nitrogen and oxygen atoms in total. The second-order valence-electron chi connectivity index (χ2n) is 6.15. The van der Waals surface area contributed by atoms with Crippen LogP contribution in [0.1, 0.15) is 34.5 Å². The molecule has 3 rings (SSSR count). The van der Waals surface area contributed by atoms with Crippen molar-refractivity contribution in [2.24, 2.45) is 0 Å². The molecule has 0 spiro atoms. The van der Waals surface area contributed by atoms with Crippen molar-refractivity contribution in [1.29, 1.82) is 0 Å². The van der Waals surface area contributed by atoms with Crippen LogP contribution in [0.5, 0.6) is 0 Å². The molecular weight excluding hydrogens is 304 g/mol. The predicted molar refractivity (Wildman–Crippen MR) is 97.1 cm³/mol. The van der Waals surface area contributed by atoms with Crippen LogP contribution < -0.4 is 5.32 Å². The first-order valence-electron chi connectivity index (χ1n) is 8.40. The molecule has 1 aliphatic heterocycles. The Morgan fingerprint density at radius 3 is 2.65 bits per heavy atom. The maximum absolute atomic E-state index is 12.4. The number of amides is 1. The van der Waals surface area contributed by atoms with E-state index in [9.17, 15) is 4.79 Å². The maximum Gasteiger partial charge on any atom is 0.261 e. The summed E-state index contributed by atoms with van der Waals surface area (Å²) in [5.74, 6) is 0.0530. The van der Waals surface area contributed by atoms with Crippen LogP contribution in [0.25, 0.3) is 10.4 Å². The number of carbonyl (C=O) groups excluding carboxylic acids is 1. The molecule has 1 saturated heterocycles. The topological polar surface area (TPSA) is 32.3 Å². The first-order chi connectivity index (χ1) is 11.2. The van der Waals surface area contributed by atoms with E-state index in [1.165, 1.54) is 48.4 Å². The summed E-state index contributed by atoms with van der Waals surface area (Å²) >= 11 is 1.58. The molecule has 0 atom stereocenters. The van der Waals surface area contributed by atoms with E-state index in [-0.39, 0.29) is 5.91 Å². The fourth-order valence-electron chi connectivity index (χ4n) is 3.07. The predicted octanol–water partition coefficient (Wildman–Crippen LogP) is 3.94. The third-order valence-electron chi connectivity index (χ3n) is 4.34. The summed E-state index contributed by atoms with van der Waals surface area (Å²) in [6.07, 6.45) is 3.93. The monoisotopic (exact) mass is 328 g/mol. The molecule has 2 aromatic rings. The summed E-state index contributed by atoms with van der Waals surface area (Å²) in [5, 5.41) is 3.07. The molecular formula is C19H24N2OS. The van der Waals surface area contributed by atoms with Crippen molar-refractivity contribution in [2.75, 3.05) is 26.2 Å². The number of likely N-dealkylation sites (tertiary alicyclic amines) is 1. The Balaban J connectivity index is 1.57. The molecule has 1 aromatic heterocycles. The molecule has 0 radical (unpaired) electrons. The largest absolute Gasteiger partial charge is 0.350 e. The normalized spacial score (nSPS) is 15.5. The van der Waals surface area contributed by atoms with Crippen LogP contribution in [0.2, 0.25) is 0 Å². The summed E-state index contributed by atoms with van der Waals surface area (Å²) in [7, 11) is 0. The third-order valence-corrected chi connectivity index (χ3v) is 5.62. The minimum absolute atomic E-state index is 0.0530. The lowest BCUT2D eigenvalue weighted by Crippen LogP contribution is -2.37. The van der Waals surface area contributed by atoms with Gasteiger partial charge in [0.2, 0.25) is 0 Å². The van der Waals surface area contributed by atoms with Gasteiger partial charge in [0.25, 0.3) is 5.91 Å². The zero-order valence-electron chi connectivity index (χ0n) is 13.7. The fourth-order valence-corrected chi connectivity index (χ4v) is 4.16. The second-order valence-corrected chi connectivity index (χ2v) is 7.20. The highest BCUT2D eigenvalue weighted by Crippen LogP contribution is 2.32. The molecule has 1 aliphatic rings. The molecule has 0 unspecified atom stereocenters. The molecule has 1 aromatic carbocycles. The van der Waals surface area contributed by atoms with Gasteiger partial charge >= 0.3 is 0 Å². The Bertz CT molecular complexity index is 645. The van der Waals surface area contributed by atoms with E-state index in [1.807, 2.05) is 24.3 Å². The SMILES string of the molecule is Cc1cc(C(=O)NCCN2CCCCC2)sc1-c1ccccc1. The number of benzene rings is 1. The summed E-state index contributed by atoms with van der Waals surface area (Å²) in [6.45, 7) is 6.11. The number of nitrogens with zero attached hydrogens (tertiary/aromatic N) is 1. The van der Waals surface area contributed by atoms with Gasteiger partial charge in [0.05, 0.1) is 4.88 Å². The van der Waals surface area contributed by atoms with Crippen molar-refractivity contribution in [3.63, 3.8) is 0 Å². The minimum Gasteiger partial charge on any atom is -0.350 e. The van der Waals surface area contributed by atoms with Gasteiger partial charge in [-0.2, -0.15) is 0 Å². The summed E-state index contributed by atoms with van der Waals surface area (Å²) in [6, 6.07) is 12.3. The number of rotatable bonds is 5. The van der Waals surface area contributed by atoms with Crippen LogP contribution in [0.15, 0.2) is 36.4 Å². The van der Waals surface area contributed by atoms with E-state index in [1.54, 1.807) is 11.3 Å². The van der Waals surface area contributed by atoms with Crippen LogP contribution in [0.4, 0.5) is 0 Å². The molecule has 0 bridgehead atoms. The van der Waals surface area contributed by atoms with Gasteiger partial charge in [-0.15, -0.1) is 11.3 Å². The van der Waals surface area contributed by atoms with Gasteiger partial charge in [-0.3, -0.25) is 4.79 Å². The van der Waals surface area contributed by atoms with Gasteiger partial charge in [-0.25, -0.2) is 0 Å². The molecule has 2 heterocycles. The summed E-state index contributed by atoms with van der Waals surface area (Å²) in [5.41, 5.74) is 2.35. The van der Waals surface area contributed by atoms with Crippen LogP contribution in [0.3, 0.4) is 0 Å². The van der Waals surface area contributed by atoms with Gasteiger partial charge in [0.15, 0.2) is 0 Å². The Labute approximate surface area is 142 Å². The van der Waals surface area contributed by atoms with Gasteiger partial charge < -0.3 is 10.2 Å². The second kappa shape index (κ2) is 7.75. The maximum atomic E-state index is 12.4. The van der Waals surface area contributed by atoms with Crippen molar-refractivity contribution < 1.29 is 4.79 Å². The van der Waals surface area contributed by atoms with E-state index in [0.717, 1.165) is 18.0 Å². The number of nitrogens with one attached hydrogen (secondary N) is 1. The van der Waals surface area contributed by atoms with Gasteiger partial charge in [0, 0.05) is 18.0 Å². The van der Waals surface area contributed by atoms with Crippen molar-refractivity contribution in [3.05, 3.63) is 46.8 Å². The third kappa shape index (κ3) is 4.21. The fraction of sp³-hybridized carbons (Fsp3) is 0.421. The quantitative estimate of drug-likeness (QED) is 0.901. The van der Waals surface area contributed by atoms with E-state index in [4.69, 9.17) is 0 Å². The Hall–Kier alpha value is -1.65. The number of piperidine rings is 1. The lowest BCUT2D eigenvalue weighted by molar-refractivity contribution is 0.0950. The number of hydrogen-bond donors (Lipinski definition) is 1. The Morgan fingerprint density at radius 1 is 1.17 bits per heavy atom. The highest BCUT2D eigenvalue weighted by Gasteiger charge is 2.14. The lowest BCUT2D eigenvalue weighted by Gasteiger charge is -2.26. The standard InChI is InChI=1S/C19H24N2OS/c1-15-14-17(23-18(15)16-8-4-2-5-9-16)19(22)20-10-13-21-11-6-3-7-12-21/h2,4-5,8-9,14H,3,6-7,10-13H2,1H3,(H,20,22). The van der Waals surface area contributed by atoms with Crippen molar-refractivity contribution in [1.82, 2.24) is 10.2 Å². The van der Waals surface area contributed by atoms with Gasteiger partial charge in [-0.05, 0) is 50.0 Å². The molecule has 1 fully saturated rings. The first-order valence-corrected chi connectivity index (χ1v) is 9.22. The molecule has 0 saturated carbocycles. The van der Waals surface area contributed by atoms with E-state index >= 15 is 0 Å². The lowest BCUT2D eigenvalue weighted by atomic mass is 10.1. The zero-order chi connectivity index (χ0) is 16.1. The van der Waals surface area contributed by atoms with Crippen LogP contribution in [-0.2, 0) is 0 Å². The average Bonchev–Trinajstić information content (AvgIpc) is 2.98. The van der Waals surface area contributed by atoms with E-state index < -0.39 is 0 Å². The molecule has 1 amide bonds. The van der Waals surface area contributed by atoms with E-state index in [0.29, 0.717) is 0 Å². The number of thiophene rings is 1. The Kier molecular flexibility index (Phi) is 5.47. The number of aryl methyl sites for hydroxylation is 1. The van der Waals surface area contributed by atoms with Crippen LogP contribution >= 0.6 is 11.3 Å². The first kappa shape index (κ1) is 16.2. The summed E-state index contributed by atoms with van der Waals surface area (Å²) in [4.78, 5) is 16.8. The van der Waals surface area contributed by atoms with Crippen LogP contribution in [0, 0.1) is 6.92 Å². The van der Waals surface area contributed by atoms with Crippen molar-refractivity contribution in [3.8, 4) is 10.4 Å². The van der Waals surface area contributed by atoms with Crippen molar-refractivity contribution >= 4 is 17.2 Å². The van der Waals surface area contributed by atoms with E-state index in [2.05, 4.69) is 29.3 Å². The molecule has 122 valence electrons. The minimum atomic E-state index is 0.0530. The van der Waals surface area contributed by atoms with Crippen molar-refractivity contribution in [2.45, 2.75) is 26.2 Å². The zero-order valence-corrected chi connectivity index (χ0v) is 14.5. The highest BCUT2D eigenvalue weighted by atomic mass is 32.1. The summed E-state index contributed by atoms with van der Waals surface area (Å²) < 4.78 is 0. The number of hydrogen-bond acceptors (Lipinski definition) is 3. The Morgan fingerprint density at radius 2 is 1.91 bits per heavy atom. The van der Waals surface area contributed by atoms with Gasteiger partial charge in [-0.1, -0.05) is 36.8 Å². The van der Waals surface area contributed by atoms with Gasteiger partial charge in [0.1, 0.15) is 0 Å². The molecule has 4 heteroatoms. The highest BCUT2D eigenvalue weighted by molar-refractivity contribution is 7.17.